The molecule has 1 saturated heterocycles. The molecule has 0 saturated carbocycles. The minimum atomic E-state index is -3.82. The lowest BCUT2D eigenvalue weighted by atomic mass is 10.1. The average molecular weight is 404 g/mol. The van der Waals surface area contributed by atoms with E-state index in [1.807, 2.05) is 12.1 Å². The maximum Gasteiger partial charge on any atom is 0.257 e. The van der Waals surface area contributed by atoms with Gasteiger partial charge >= 0.3 is 0 Å². The maximum absolute atomic E-state index is 12.8. The zero-order valence-corrected chi connectivity index (χ0v) is 16.8. The van der Waals surface area contributed by atoms with E-state index in [4.69, 9.17) is 9.47 Å². The topological polar surface area (TPSA) is 84.9 Å². The number of likely N-dealkylation sites (tertiary alicyclic amines) is 1. The second-order valence-electron chi connectivity index (χ2n) is 6.50. The van der Waals surface area contributed by atoms with E-state index in [-0.39, 0.29) is 22.9 Å². The summed E-state index contributed by atoms with van der Waals surface area (Å²) in [6.07, 6.45) is 1.90. The predicted octanol–water partition coefficient (Wildman–Crippen LogP) is 2.42. The number of nitrogens with zero attached hydrogens (tertiary/aromatic N) is 1. The van der Waals surface area contributed by atoms with Gasteiger partial charge in [0.05, 0.1) is 24.7 Å². The van der Waals surface area contributed by atoms with E-state index in [0.29, 0.717) is 24.6 Å². The van der Waals surface area contributed by atoms with Crippen LogP contribution >= 0.6 is 0 Å². The molecule has 7 nitrogen and oxygen atoms in total. The van der Waals surface area contributed by atoms with Crippen LogP contribution in [0.15, 0.2) is 47.4 Å². The summed E-state index contributed by atoms with van der Waals surface area (Å²) >= 11 is 0. The zero-order chi connectivity index (χ0) is 20.1. The number of rotatable bonds is 7. The summed E-state index contributed by atoms with van der Waals surface area (Å²) in [4.78, 5) is 14.5. The second kappa shape index (κ2) is 8.62. The fraction of sp³-hybridized carbons (Fsp3) is 0.350. The molecule has 28 heavy (non-hydrogen) atoms. The molecule has 0 radical (unpaired) electrons. The van der Waals surface area contributed by atoms with Crippen LogP contribution in [0.2, 0.25) is 0 Å². The number of amides is 1. The van der Waals surface area contributed by atoms with Crippen molar-refractivity contribution in [3.63, 3.8) is 0 Å². The van der Waals surface area contributed by atoms with E-state index < -0.39 is 10.0 Å². The van der Waals surface area contributed by atoms with Crippen molar-refractivity contribution in [2.75, 3.05) is 27.3 Å². The van der Waals surface area contributed by atoms with Crippen molar-refractivity contribution in [1.82, 2.24) is 9.62 Å². The lowest BCUT2D eigenvalue weighted by molar-refractivity contribution is 0.0789. The number of methoxy groups -OCH3 is 2. The summed E-state index contributed by atoms with van der Waals surface area (Å²) in [5.41, 5.74) is 0.972. The Labute approximate surface area is 165 Å². The number of hydrogen-bond donors (Lipinski definition) is 1. The maximum atomic E-state index is 12.8. The number of para-hydroxylation sites is 1. The summed E-state index contributed by atoms with van der Waals surface area (Å²) < 4.78 is 38.7. The van der Waals surface area contributed by atoms with E-state index in [2.05, 4.69) is 4.72 Å². The Morgan fingerprint density at radius 2 is 1.71 bits per heavy atom. The molecule has 8 heteroatoms. The van der Waals surface area contributed by atoms with Crippen LogP contribution in [0, 0.1) is 0 Å². The number of hydrogen-bond acceptors (Lipinski definition) is 5. The first-order valence-electron chi connectivity index (χ1n) is 9.05. The normalized spacial score (nSPS) is 14.1. The van der Waals surface area contributed by atoms with Crippen molar-refractivity contribution in [3.8, 4) is 11.5 Å². The van der Waals surface area contributed by atoms with Crippen molar-refractivity contribution >= 4 is 15.9 Å². The fourth-order valence-electron chi connectivity index (χ4n) is 3.22. The highest BCUT2D eigenvalue weighted by atomic mass is 32.2. The van der Waals surface area contributed by atoms with Gasteiger partial charge in [0.2, 0.25) is 10.0 Å². The first kappa shape index (κ1) is 20.2. The molecule has 2 aromatic carbocycles. The van der Waals surface area contributed by atoms with E-state index in [1.54, 1.807) is 17.0 Å². The second-order valence-corrected chi connectivity index (χ2v) is 8.26. The third-order valence-corrected chi connectivity index (χ3v) is 6.15. The van der Waals surface area contributed by atoms with Gasteiger partial charge in [0.15, 0.2) is 0 Å². The molecule has 1 aliphatic heterocycles. The summed E-state index contributed by atoms with van der Waals surface area (Å²) in [6, 6.07) is 11.5. The van der Waals surface area contributed by atoms with E-state index >= 15 is 0 Å². The molecule has 1 heterocycles. The molecule has 0 bridgehead atoms. The Morgan fingerprint density at radius 3 is 2.39 bits per heavy atom. The number of carbonyl (C=O) groups excluding carboxylic acids is 1. The lowest BCUT2D eigenvalue weighted by Crippen LogP contribution is -2.29. The lowest BCUT2D eigenvalue weighted by Gasteiger charge is -2.18. The van der Waals surface area contributed by atoms with Crippen molar-refractivity contribution in [2.45, 2.75) is 24.3 Å². The van der Waals surface area contributed by atoms with Gasteiger partial charge in [-0.25, -0.2) is 13.1 Å². The smallest absolute Gasteiger partial charge is 0.257 e. The van der Waals surface area contributed by atoms with Gasteiger partial charge in [-0.15, -0.1) is 0 Å². The van der Waals surface area contributed by atoms with E-state index in [0.717, 1.165) is 18.4 Å². The first-order valence-corrected chi connectivity index (χ1v) is 10.5. The van der Waals surface area contributed by atoms with Gasteiger partial charge < -0.3 is 14.4 Å². The molecule has 3 rings (SSSR count). The Kier molecular flexibility index (Phi) is 6.21. The van der Waals surface area contributed by atoms with Gasteiger partial charge in [-0.3, -0.25) is 4.79 Å². The van der Waals surface area contributed by atoms with Gasteiger partial charge in [-0.2, -0.15) is 0 Å². The molecular weight excluding hydrogens is 380 g/mol. The molecule has 0 unspecified atom stereocenters. The molecule has 0 aromatic heterocycles. The van der Waals surface area contributed by atoms with Crippen molar-refractivity contribution in [1.29, 1.82) is 0 Å². The number of sulfonamides is 1. The summed E-state index contributed by atoms with van der Waals surface area (Å²) in [5.74, 6) is 0.751. The summed E-state index contributed by atoms with van der Waals surface area (Å²) in [6.45, 7) is 1.42. The minimum absolute atomic E-state index is 0.0192. The Hall–Kier alpha value is -2.58. The largest absolute Gasteiger partial charge is 0.496 e. The number of carbonyl (C=O) groups is 1. The predicted molar refractivity (Wildman–Crippen MR) is 105 cm³/mol. The highest BCUT2D eigenvalue weighted by Gasteiger charge is 2.25. The van der Waals surface area contributed by atoms with Crippen LogP contribution in [0.3, 0.4) is 0 Å². The highest BCUT2D eigenvalue weighted by Crippen LogP contribution is 2.26. The van der Waals surface area contributed by atoms with Crippen LogP contribution in [0.5, 0.6) is 11.5 Å². The number of ether oxygens (including phenoxy) is 2. The monoisotopic (exact) mass is 404 g/mol. The van der Waals surface area contributed by atoms with Gasteiger partial charge in [-0.05, 0) is 37.1 Å². The Bertz CT molecular complexity index is 953. The zero-order valence-electron chi connectivity index (χ0n) is 16.0. The van der Waals surface area contributed by atoms with Gasteiger partial charge in [0.1, 0.15) is 11.5 Å². The van der Waals surface area contributed by atoms with Gasteiger partial charge in [0, 0.05) is 25.2 Å². The van der Waals surface area contributed by atoms with Crippen LogP contribution in [0.25, 0.3) is 0 Å². The van der Waals surface area contributed by atoms with Crippen LogP contribution in [0.1, 0.15) is 28.8 Å². The summed E-state index contributed by atoms with van der Waals surface area (Å²) in [5, 5.41) is 0. The quantitative estimate of drug-likeness (QED) is 0.766. The third kappa shape index (κ3) is 4.28. The molecular formula is C20H24N2O5S. The number of benzene rings is 2. The molecule has 0 spiro atoms. The van der Waals surface area contributed by atoms with Crippen LogP contribution in [0.4, 0.5) is 0 Å². The standard InChI is InChI=1S/C20H24N2O5S/c1-26-18-8-4-3-7-15(18)14-21-28(24,25)16-9-10-19(27-2)17(13-16)20(23)22-11-5-6-12-22/h3-4,7-10,13,21H,5-6,11-12,14H2,1-2H3. The van der Waals surface area contributed by atoms with E-state index in [9.17, 15) is 13.2 Å². The average Bonchev–Trinajstić information content (AvgIpc) is 3.26. The summed E-state index contributed by atoms with van der Waals surface area (Å²) in [7, 11) is -0.823. The fourth-order valence-corrected chi connectivity index (χ4v) is 4.25. The molecule has 1 fully saturated rings. The molecule has 0 atom stereocenters. The SMILES string of the molecule is COc1ccccc1CNS(=O)(=O)c1ccc(OC)c(C(=O)N2CCCC2)c1. The van der Waals surface area contributed by atoms with Crippen LogP contribution in [-0.4, -0.2) is 46.5 Å². The van der Waals surface area contributed by atoms with Crippen LogP contribution in [-0.2, 0) is 16.6 Å². The molecule has 2 aromatic rings. The molecule has 150 valence electrons. The van der Waals surface area contributed by atoms with Crippen LogP contribution < -0.4 is 14.2 Å². The molecule has 0 aliphatic carbocycles. The minimum Gasteiger partial charge on any atom is -0.496 e. The third-order valence-electron chi connectivity index (χ3n) is 4.75. The van der Waals surface area contributed by atoms with Gasteiger partial charge in [-0.1, -0.05) is 18.2 Å². The first-order chi connectivity index (χ1) is 13.5. The number of nitrogens with one attached hydrogen (secondary N) is 1. The van der Waals surface area contributed by atoms with Crippen molar-refractivity contribution in [2.24, 2.45) is 0 Å². The Balaban J connectivity index is 1.85. The van der Waals surface area contributed by atoms with Gasteiger partial charge in [0.25, 0.3) is 5.91 Å². The Morgan fingerprint density at radius 1 is 1.04 bits per heavy atom. The van der Waals surface area contributed by atoms with Crippen molar-refractivity contribution < 1.29 is 22.7 Å². The molecule has 1 aliphatic rings. The molecule has 1 amide bonds. The van der Waals surface area contributed by atoms with Crippen molar-refractivity contribution in [3.05, 3.63) is 53.6 Å². The van der Waals surface area contributed by atoms with E-state index in [1.165, 1.54) is 32.4 Å². The molecule has 1 N–H and O–H groups in total. The highest BCUT2D eigenvalue weighted by molar-refractivity contribution is 7.89.